The Balaban J connectivity index is 1.46. The van der Waals surface area contributed by atoms with Gasteiger partial charge in [-0.25, -0.2) is 4.98 Å². The van der Waals surface area contributed by atoms with E-state index in [0.29, 0.717) is 36.1 Å². The summed E-state index contributed by atoms with van der Waals surface area (Å²) in [5, 5.41) is 10.2. The van der Waals surface area contributed by atoms with Crippen molar-refractivity contribution in [2.45, 2.75) is 52.2 Å². The third kappa shape index (κ3) is 3.91. The van der Waals surface area contributed by atoms with Gasteiger partial charge >= 0.3 is 0 Å². The van der Waals surface area contributed by atoms with Crippen LogP contribution < -0.4 is 10.6 Å². The summed E-state index contributed by atoms with van der Waals surface area (Å²) in [7, 11) is 0. The molecule has 0 radical (unpaired) electrons. The molecule has 2 fully saturated rings. The molecule has 146 valence electrons. The van der Waals surface area contributed by atoms with Gasteiger partial charge in [-0.05, 0) is 51.6 Å². The standard InChI is InChI=1S/C19H28N6O2/c1-3-24-9-8-21-17(24)12-25(15-11-19(15)4-6-20-7-5-19)13-18(26)22-16-10-14(2)27-23-16/h8-10,15,20H,3-7,11-13H2,1-2H3,(H,22,23,26). The number of hydrogen-bond donors (Lipinski definition) is 2. The van der Waals surface area contributed by atoms with Crippen LogP contribution in [0, 0.1) is 12.3 Å². The van der Waals surface area contributed by atoms with Crippen molar-refractivity contribution in [2.75, 3.05) is 25.0 Å². The Morgan fingerprint density at radius 1 is 1.48 bits per heavy atom. The summed E-state index contributed by atoms with van der Waals surface area (Å²) in [4.78, 5) is 19.5. The molecule has 8 nitrogen and oxygen atoms in total. The van der Waals surface area contributed by atoms with Gasteiger partial charge in [-0.3, -0.25) is 9.69 Å². The van der Waals surface area contributed by atoms with E-state index in [1.54, 1.807) is 6.07 Å². The van der Waals surface area contributed by atoms with E-state index in [0.717, 1.165) is 31.9 Å². The van der Waals surface area contributed by atoms with Crippen molar-refractivity contribution in [1.82, 2.24) is 24.9 Å². The lowest BCUT2D eigenvalue weighted by atomic mass is 9.93. The van der Waals surface area contributed by atoms with E-state index < -0.39 is 0 Å². The number of amides is 1. The number of carbonyl (C=O) groups excluding carboxylic acids is 1. The maximum atomic E-state index is 12.6. The lowest BCUT2D eigenvalue weighted by Gasteiger charge is -2.29. The highest BCUT2D eigenvalue weighted by Gasteiger charge is 2.56. The average molecular weight is 372 g/mol. The Morgan fingerprint density at radius 2 is 2.30 bits per heavy atom. The summed E-state index contributed by atoms with van der Waals surface area (Å²) in [6.45, 7) is 7.96. The first-order valence-corrected chi connectivity index (χ1v) is 9.77. The van der Waals surface area contributed by atoms with Gasteiger partial charge in [-0.15, -0.1) is 0 Å². The van der Waals surface area contributed by atoms with Gasteiger partial charge in [0.1, 0.15) is 11.6 Å². The summed E-state index contributed by atoms with van der Waals surface area (Å²) < 4.78 is 7.18. The molecular formula is C19H28N6O2. The topological polar surface area (TPSA) is 88.2 Å². The van der Waals surface area contributed by atoms with Gasteiger partial charge in [-0.1, -0.05) is 5.16 Å². The van der Waals surface area contributed by atoms with E-state index in [1.165, 1.54) is 12.8 Å². The fraction of sp³-hybridized carbons (Fsp3) is 0.632. The van der Waals surface area contributed by atoms with Crippen LogP contribution in [0.2, 0.25) is 0 Å². The van der Waals surface area contributed by atoms with E-state index in [2.05, 4.69) is 37.2 Å². The normalized spacial score (nSPS) is 20.9. The van der Waals surface area contributed by atoms with Crippen LogP contribution in [0.1, 0.15) is 37.8 Å². The first-order valence-electron chi connectivity index (χ1n) is 9.77. The summed E-state index contributed by atoms with van der Waals surface area (Å²) in [5.74, 6) is 2.11. The van der Waals surface area contributed by atoms with E-state index in [4.69, 9.17) is 4.52 Å². The zero-order valence-electron chi connectivity index (χ0n) is 16.1. The quantitative estimate of drug-likeness (QED) is 0.770. The Labute approximate surface area is 159 Å². The van der Waals surface area contributed by atoms with Crippen LogP contribution in [0.3, 0.4) is 0 Å². The Hall–Kier alpha value is -2.19. The summed E-state index contributed by atoms with van der Waals surface area (Å²) >= 11 is 0. The average Bonchev–Trinajstić information content (AvgIpc) is 2.97. The molecule has 27 heavy (non-hydrogen) atoms. The number of aromatic nitrogens is 3. The minimum atomic E-state index is -0.0612. The lowest BCUT2D eigenvalue weighted by molar-refractivity contribution is -0.117. The SMILES string of the molecule is CCn1ccnc1CN(CC(=O)Nc1cc(C)on1)C1CC12CCNCC2. The van der Waals surface area contributed by atoms with Gasteiger partial charge in [0.15, 0.2) is 5.82 Å². The maximum Gasteiger partial charge on any atom is 0.239 e. The molecule has 0 bridgehead atoms. The fourth-order valence-corrected chi connectivity index (χ4v) is 4.33. The smallest absolute Gasteiger partial charge is 0.239 e. The van der Waals surface area contributed by atoms with Crippen LogP contribution in [0.4, 0.5) is 5.82 Å². The molecule has 1 saturated heterocycles. The molecule has 1 atom stereocenters. The Bertz CT molecular complexity index is 792. The van der Waals surface area contributed by atoms with E-state index in [9.17, 15) is 4.79 Å². The van der Waals surface area contributed by atoms with Crippen LogP contribution in [0.5, 0.6) is 0 Å². The number of hydrogen-bond acceptors (Lipinski definition) is 6. The molecule has 0 aromatic carbocycles. The number of nitrogens with zero attached hydrogens (tertiary/aromatic N) is 4. The molecule has 1 aliphatic carbocycles. The molecule has 1 unspecified atom stereocenters. The Morgan fingerprint density at radius 3 is 3.00 bits per heavy atom. The number of anilines is 1. The van der Waals surface area contributed by atoms with Crippen LogP contribution in [0.25, 0.3) is 0 Å². The molecule has 2 N–H and O–H groups in total. The maximum absolute atomic E-state index is 12.6. The summed E-state index contributed by atoms with van der Waals surface area (Å²) in [6.07, 6.45) is 7.36. The molecule has 8 heteroatoms. The van der Waals surface area contributed by atoms with Crippen molar-refractivity contribution in [3.8, 4) is 0 Å². The molecule has 4 rings (SSSR count). The second-order valence-electron chi connectivity index (χ2n) is 7.74. The van der Waals surface area contributed by atoms with Crippen molar-refractivity contribution < 1.29 is 9.32 Å². The number of nitrogens with one attached hydrogen (secondary N) is 2. The third-order valence-electron chi connectivity index (χ3n) is 5.92. The van der Waals surface area contributed by atoms with Crippen molar-refractivity contribution in [3.63, 3.8) is 0 Å². The van der Waals surface area contributed by atoms with Crippen LogP contribution >= 0.6 is 0 Å². The number of piperidine rings is 1. The van der Waals surface area contributed by atoms with Gasteiger partial charge < -0.3 is 19.7 Å². The highest BCUT2D eigenvalue weighted by atomic mass is 16.5. The summed E-state index contributed by atoms with van der Waals surface area (Å²) in [6, 6.07) is 2.17. The predicted molar refractivity (Wildman–Crippen MR) is 101 cm³/mol. The van der Waals surface area contributed by atoms with Crippen molar-refractivity contribution in [2.24, 2.45) is 5.41 Å². The molecule has 2 aromatic rings. The number of rotatable bonds is 7. The van der Waals surface area contributed by atoms with Gasteiger partial charge in [-0.2, -0.15) is 0 Å². The molecule has 3 heterocycles. The summed E-state index contributed by atoms with van der Waals surface area (Å²) in [5.41, 5.74) is 0.361. The zero-order chi connectivity index (χ0) is 18.9. The molecule has 1 saturated carbocycles. The minimum absolute atomic E-state index is 0.0612. The zero-order valence-corrected chi connectivity index (χ0v) is 16.1. The second-order valence-corrected chi connectivity index (χ2v) is 7.74. The third-order valence-corrected chi connectivity index (χ3v) is 5.92. The van der Waals surface area contributed by atoms with Crippen LogP contribution in [-0.2, 0) is 17.9 Å². The number of aryl methyl sites for hydroxylation is 2. The minimum Gasteiger partial charge on any atom is -0.360 e. The monoisotopic (exact) mass is 372 g/mol. The van der Waals surface area contributed by atoms with Crippen molar-refractivity contribution in [3.05, 3.63) is 30.0 Å². The molecule has 2 aliphatic rings. The highest BCUT2D eigenvalue weighted by molar-refractivity contribution is 5.91. The van der Waals surface area contributed by atoms with Crippen LogP contribution in [-0.4, -0.2) is 51.2 Å². The van der Waals surface area contributed by atoms with Gasteiger partial charge in [0.25, 0.3) is 0 Å². The van der Waals surface area contributed by atoms with Crippen molar-refractivity contribution >= 4 is 11.7 Å². The molecule has 1 amide bonds. The van der Waals surface area contributed by atoms with Gasteiger partial charge in [0, 0.05) is 31.0 Å². The number of carbonyl (C=O) groups is 1. The fourth-order valence-electron chi connectivity index (χ4n) is 4.33. The largest absolute Gasteiger partial charge is 0.360 e. The molecule has 2 aromatic heterocycles. The highest BCUT2D eigenvalue weighted by Crippen LogP contribution is 2.55. The number of imidazole rings is 1. The van der Waals surface area contributed by atoms with Crippen LogP contribution in [0.15, 0.2) is 23.0 Å². The molecule has 1 aliphatic heterocycles. The molecule has 1 spiro atoms. The first kappa shape index (κ1) is 18.2. The lowest BCUT2D eigenvalue weighted by Crippen LogP contribution is -2.40. The van der Waals surface area contributed by atoms with E-state index in [1.807, 2.05) is 19.3 Å². The molecular weight excluding hydrogens is 344 g/mol. The second kappa shape index (κ2) is 7.44. The van der Waals surface area contributed by atoms with E-state index >= 15 is 0 Å². The van der Waals surface area contributed by atoms with E-state index in [-0.39, 0.29) is 5.91 Å². The van der Waals surface area contributed by atoms with Crippen molar-refractivity contribution in [1.29, 1.82) is 0 Å². The van der Waals surface area contributed by atoms with Gasteiger partial charge in [0.2, 0.25) is 5.91 Å². The first-order chi connectivity index (χ1) is 13.1. The Kier molecular flexibility index (Phi) is 5.01. The predicted octanol–water partition coefficient (Wildman–Crippen LogP) is 1.78. The van der Waals surface area contributed by atoms with Gasteiger partial charge in [0.05, 0.1) is 13.1 Å².